The first-order valence-corrected chi connectivity index (χ1v) is 10.7. The topological polar surface area (TPSA) is 79.5 Å². The number of nitrogens with one attached hydrogen (secondary N) is 3. The predicted molar refractivity (Wildman–Crippen MR) is 126 cm³/mol. The van der Waals surface area contributed by atoms with Crippen LogP contribution in [0.4, 0.5) is 11.4 Å². The van der Waals surface area contributed by atoms with Gasteiger partial charge in [0.05, 0.1) is 12.8 Å². The minimum atomic E-state index is -0.632. The minimum Gasteiger partial charge on any atom is -0.495 e. The summed E-state index contributed by atoms with van der Waals surface area (Å²) in [7, 11) is 1.58. The molecule has 3 aromatic carbocycles. The Labute approximate surface area is 188 Å². The molecule has 164 valence electrons. The fraction of sp³-hybridized carbons (Fsp3) is 0.231. The second kappa shape index (κ2) is 9.56. The van der Waals surface area contributed by atoms with Gasteiger partial charge in [0.15, 0.2) is 0 Å². The molecule has 1 atom stereocenters. The van der Waals surface area contributed by atoms with Gasteiger partial charge in [-0.15, -0.1) is 0 Å². The van der Waals surface area contributed by atoms with Gasteiger partial charge >= 0.3 is 0 Å². The van der Waals surface area contributed by atoms with Gasteiger partial charge in [-0.25, -0.2) is 0 Å². The van der Waals surface area contributed by atoms with Crippen LogP contribution in [0.3, 0.4) is 0 Å². The van der Waals surface area contributed by atoms with Crippen molar-refractivity contribution in [2.24, 2.45) is 0 Å². The van der Waals surface area contributed by atoms with Gasteiger partial charge in [-0.2, -0.15) is 0 Å². The molecular formula is C26H27N3O3. The number of benzene rings is 3. The van der Waals surface area contributed by atoms with Crippen LogP contribution in [0.2, 0.25) is 0 Å². The standard InChI is InChI=1S/C26H27N3O3/c1-17-8-15-23(32-2)22(16-17)29-26(31)24(18-6-4-3-5-7-18)27-20-11-9-19(10-12-20)25(30)28-21-13-14-21/h3-12,15-16,21,24,27H,13-14H2,1-2H3,(H,28,30)(H,29,31). The zero-order valence-corrected chi connectivity index (χ0v) is 18.2. The van der Waals surface area contributed by atoms with Crippen molar-refractivity contribution in [1.82, 2.24) is 5.32 Å². The highest BCUT2D eigenvalue weighted by atomic mass is 16.5. The van der Waals surface area contributed by atoms with E-state index in [-0.39, 0.29) is 11.8 Å². The number of methoxy groups -OCH3 is 1. The lowest BCUT2D eigenvalue weighted by atomic mass is 10.0. The molecular weight excluding hydrogens is 402 g/mol. The maximum atomic E-state index is 13.3. The van der Waals surface area contributed by atoms with Crippen molar-refractivity contribution in [2.45, 2.75) is 31.8 Å². The molecule has 1 aliphatic carbocycles. The number of anilines is 2. The van der Waals surface area contributed by atoms with E-state index in [2.05, 4.69) is 16.0 Å². The summed E-state index contributed by atoms with van der Waals surface area (Å²) in [5, 5.41) is 9.27. The Balaban J connectivity index is 1.54. The van der Waals surface area contributed by atoms with E-state index in [1.54, 1.807) is 19.2 Å². The quantitative estimate of drug-likeness (QED) is 0.485. The zero-order chi connectivity index (χ0) is 22.5. The van der Waals surface area contributed by atoms with Gasteiger partial charge in [0.1, 0.15) is 11.8 Å². The molecule has 3 N–H and O–H groups in total. The van der Waals surface area contributed by atoms with Gasteiger partial charge in [0.2, 0.25) is 0 Å². The van der Waals surface area contributed by atoms with E-state index >= 15 is 0 Å². The van der Waals surface area contributed by atoms with Crippen molar-refractivity contribution >= 4 is 23.2 Å². The summed E-state index contributed by atoms with van der Waals surface area (Å²) in [6, 6.07) is 22.0. The summed E-state index contributed by atoms with van der Waals surface area (Å²) >= 11 is 0. The Morgan fingerprint density at radius 1 is 0.969 bits per heavy atom. The number of carbonyl (C=O) groups is 2. The van der Waals surface area contributed by atoms with Gasteiger partial charge in [-0.1, -0.05) is 36.4 Å². The molecule has 0 bridgehead atoms. The maximum Gasteiger partial charge on any atom is 0.251 e. The van der Waals surface area contributed by atoms with Gasteiger partial charge < -0.3 is 20.7 Å². The third-order valence-electron chi connectivity index (χ3n) is 5.38. The van der Waals surface area contributed by atoms with Crippen LogP contribution in [-0.2, 0) is 4.79 Å². The van der Waals surface area contributed by atoms with Crippen LogP contribution in [0.5, 0.6) is 5.75 Å². The number of carbonyl (C=O) groups excluding carboxylic acids is 2. The van der Waals surface area contributed by atoms with E-state index in [0.29, 0.717) is 23.0 Å². The normalized spacial score (nSPS) is 13.7. The zero-order valence-electron chi connectivity index (χ0n) is 18.2. The molecule has 6 nitrogen and oxygen atoms in total. The van der Waals surface area contributed by atoms with E-state index in [0.717, 1.165) is 29.7 Å². The fourth-order valence-corrected chi connectivity index (χ4v) is 3.45. The molecule has 2 amide bonds. The first-order chi connectivity index (χ1) is 15.5. The molecule has 0 saturated heterocycles. The monoisotopic (exact) mass is 429 g/mol. The molecule has 0 aromatic heterocycles. The third-order valence-corrected chi connectivity index (χ3v) is 5.38. The Kier molecular flexibility index (Phi) is 6.40. The minimum absolute atomic E-state index is 0.0667. The van der Waals surface area contributed by atoms with E-state index in [4.69, 9.17) is 4.74 Å². The molecule has 1 fully saturated rings. The molecule has 1 saturated carbocycles. The average Bonchev–Trinajstić information content (AvgIpc) is 3.62. The van der Waals surface area contributed by atoms with Crippen molar-refractivity contribution in [3.8, 4) is 5.75 Å². The average molecular weight is 430 g/mol. The summed E-state index contributed by atoms with van der Waals surface area (Å²) < 4.78 is 5.40. The van der Waals surface area contributed by atoms with E-state index in [9.17, 15) is 9.59 Å². The summed E-state index contributed by atoms with van der Waals surface area (Å²) in [6.45, 7) is 1.96. The Hall–Kier alpha value is -3.80. The molecule has 1 aliphatic rings. The lowest BCUT2D eigenvalue weighted by Gasteiger charge is -2.21. The van der Waals surface area contributed by atoms with Crippen LogP contribution in [-0.4, -0.2) is 25.0 Å². The lowest BCUT2D eigenvalue weighted by molar-refractivity contribution is -0.117. The van der Waals surface area contributed by atoms with Crippen molar-refractivity contribution in [3.63, 3.8) is 0 Å². The number of hydrogen-bond acceptors (Lipinski definition) is 4. The summed E-state index contributed by atoms with van der Waals surface area (Å²) in [5.74, 6) is 0.320. The molecule has 3 aromatic rings. The van der Waals surface area contributed by atoms with Crippen LogP contribution in [0, 0.1) is 6.92 Å². The third kappa shape index (κ3) is 5.27. The summed E-state index contributed by atoms with van der Waals surface area (Å²) in [4.78, 5) is 25.5. The summed E-state index contributed by atoms with van der Waals surface area (Å²) in [6.07, 6.45) is 2.09. The highest BCUT2D eigenvalue weighted by Gasteiger charge is 2.24. The molecule has 0 heterocycles. The molecule has 0 radical (unpaired) electrons. The first-order valence-electron chi connectivity index (χ1n) is 10.7. The van der Waals surface area contributed by atoms with E-state index < -0.39 is 6.04 Å². The highest BCUT2D eigenvalue weighted by Crippen LogP contribution is 2.28. The SMILES string of the molecule is COc1ccc(C)cc1NC(=O)C(Nc1ccc(C(=O)NC2CC2)cc1)c1ccccc1. The van der Waals surface area contributed by atoms with Crippen LogP contribution in [0.1, 0.15) is 40.4 Å². The van der Waals surface area contributed by atoms with Crippen LogP contribution >= 0.6 is 0 Å². The first kappa shape index (κ1) is 21.4. The number of amides is 2. The number of ether oxygens (including phenoxy) is 1. The van der Waals surface area contributed by atoms with Gasteiger partial charge in [-0.05, 0) is 67.3 Å². The van der Waals surface area contributed by atoms with Crippen molar-refractivity contribution < 1.29 is 14.3 Å². The van der Waals surface area contributed by atoms with Crippen LogP contribution in [0.25, 0.3) is 0 Å². The Morgan fingerprint density at radius 2 is 1.69 bits per heavy atom. The van der Waals surface area contributed by atoms with E-state index in [1.165, 1.54) is 0 Å². The van der Waals surface area contributed by atoms with Gasteiger partial charge in [0, 0.05) is 17.3 Å². The fourth-order valence-electron chi connectivity index (χ4n) is 3.45. The van der Waals surface area contributed by atoms with Crippen LogP contribution < -0.4 is 20.7 Å². The lowest BCUT2D eigenvalue weighted by Crippen LogP contribution is -2.27. The van der Waals surface area contributed by atoms with Gasteiger partial charge in [0.25, 0.3) is 11.8 Å². The second-order valence-corrected chi connectivity index (χ2v) is 8.01. The molecule has 32 heavy (non-hydrogen) atoms. The largest absolute Gasteiger partial charge is 0.495 e. The van der Waals surface area contributed by atoms with Crippen molar-refractivity contribution in [3.05, 3.63) is 89.5 Å². The maximum absolute atomic E-state index is 13.3. The Bertz CT molecular complexity index is 1090. The summed E-state index contributed by atoms with van der Waals surface area (Å²) in [5.41, 5.74) is 3.81. The molecule has 0 aliphatic heterocycles. The Morgan fingerprint density at radius 3 is 2.34 bits per heavy atom. The number of rotatable bonds is 8. The van der Waals surface area contributed by atoms with Crippen molar-refractivity contribution in [1.29, 1.82) is 0 Å². The van der Waals surface area contributed by atoms with Gasteiger partial charge in [-0.3, -0.25) is 9.59 Å². The predicted octanol–water partition coefficient (Wildman–Crippen LogP) is 4.69. The smallest absolute Gasteiger partial charge is 0.251 e. The number of aryl methyl sites for hydroxylation is 1. The molecule has 0 spiro atoms. The molecule has 4 rings (SSSR count). The van der Waals surface area contributed by atoms with E-state index in [1.807, 2.05) is 67.6 Å². The van der Waals surface area contributed by atoms with Crippen LogP contribution in [0.15, 0.2) is 72.8 Å². The highest BCUT2D eigenvalue weighted by molar-refractivity contribution is 5.99. The van der Waals surface area contributed by atoms with Crippen molar-refractivity contribution in [2.75, 3.05) is 17.7 Å². The molecule has 6 heteroatoms. The second-order valence-electron chi connectivity index (χ2n) is 8.01. The number of hydrogen-bond donors (Lipinski definition) is 3. The molecule has 1 unspecified atom stereocenters.